The van der Waals surface area contributed by atoms with Crippen molar-refractivity contribution in [2.75, 3.05) is 17.5 Å². The number of ether oxygens (including phenoxy) is 1. The van der Waals surface area contributed by atoms with E-state index in [0.29, 0.717) is 17.5 Å². The Labute approximate surface area is 247 Å². The predicted octanol–water partition coefficient (Wildman–Crippen LogP) is 6.62. The van der Waals surface area contributed by atoms with E-state index in [1.165, 1.54) is 43.3 Å². The van der Waals surface area contributed by atoms with Gasteiger partial charge in [-0.2, -0.15) is 0 Å². The molecule has 42 heavy (non-hydrogen) atoms. The SMILES string of the molecule is C[C@H](c1ccc(F)cc1CCOC(=O)NCCc1ccccn1)N(c1cc(F)ccc1F)S(=O)(=O)c1ccc(Cl)cc1. The fraction of sp³-hybridized carbons (Fsp3) is 0.200. The van der Waals surface area contributed by atoms with Gasteiger partial charge in [-0.25, -0.2) is 26.4 Å². The quantitative estimate of drug-likeness (QED) is 0.204. The number of pyridine rings is 1. The Bertz CT molecular complexity index is 1640. The molecule has 4 aromatic rings. The molecule has 0 aliphatic carbocycles. The summed E-state index contributed by atoms with van der Waals surface area (Å²) in [7, 11) is -4.48. The van der Waals surface area contributed by atoms with Gasteiger partial charge in [-0.15, -0.1) is 0 Å². The van der Waals surface area contributed by atoms with Crippen LogP contribution in [-0.2, 0) is 27.6 Å². The Morgan fingerprint density at radius 2 is 1.69 bits per heavy atom. The third-order valence-corrected chi connectivity index (χ3v) is 8.55. The van der Waals surface area contributed by atoms with Gasteiger partial charge in [0, 0.05) is 42.4 Å². The van der Waals surface area contributed by atoms with Crippen LogP contribution in [-0.4, -0.2) is 32.6 Å². The zero-order valence-corrected chi connectivity index (χ0v) is 24.0. The molecule has 1 heterocycles. The number of alkyl carbamates (subject to hydrolysis) is 1. The highest BCUT2D eigenvalue weighted by Gasteiger charge is 2.33. The van der Waals surface area contributed by atoms with Crippen LogP contribution in [0.1, 0.15) is 29.8 Å². The van der Waals surface area contributed by atoms with Gasteiger partial charge in [-0.05, 0) is 78.7 Å². The van der Waals surface area contributed by atoms with Crippen LogP contribution in [0.3, 0.4) is 0 Å². The summed E-state index contributed by atoms with van der Waals surface area (Å²) in [4.78, 5) is 16.1. The number of carbonyl (C=O) groups is 1. The third kappa shape index (κ3) is 7.59. The molecule has 0 unspecified atom stereocenters. The van der Waals surface area contributed by atoms with Gasteiger partial charge in [0.25, 0.3) is 10.0 Å². The Kier molecular flexibility index (Phi) is 10.1. The summed E-state index contributed by atoms with van der Waals surface area (Å²) in [5.41, 5.74) is 0.883. The van der Waals surface area contributed by atoms with E-state index in [1.54, 1.807) is 12.3 Å². The Morgan fingerprint density at radius 1 is 0.976 bits per heavy atom. The van der Waals surface area contributed by atoms with Crippen molar-refractivity contribution in [2.45, 2.75) is 30.7 Å². The van der Waals surface area contributed by atoms with Crippen molar-refractivity contribution in [1.82, 2.24) is 10.3 Å². The van der Waals surface area contributed by atoms with Gasteiger partial charge in [0.15, 0.2) is 0 Å². The summed E-state index contributed by atoms with van der Waals surface area (Å²) in [5.74, 6) is -2.43. The fourth-order valence-corrected chi connectivity index (χ4v) is 6.15. The number of nitrogens with zero attached hydrogens (tertiary/aromatic N) is 2. The molecule has 1 N–H and O–H groups in total. The van der Waals surface area contributed by atoms with Gasteiger partial charge >= 0.3 is 6.09 Å². The number of benzene rings is 3. The standard InChI is InChI=1S/C30H27ClF3N3O4S/c1-20(37(29-19-24(33)8-12-28(29)34)42(39,40)26-9-5-22(31)6-10-26)27-11-7-23(32)18-21(27)14-17-41-30(38)36-16-13-25-4-2-3-15-35-25/h2-12,15,18-20H,13-14,16-17H2,1H3,(H,36,38)/t20-/m1/s1. The molecule has 1 amide bonds. The molecule has 0 spiro atoms. The Hall–Kier alpha value is -4.09. The molecular formula is C30H27ClF3N3O4S. The number of sulfonamides is 1. The van der Waals surface area contributed by atoms with E-state index in [9.17, 15) is 22.0 Å². The number of anilines is 1. The summed E-state index contributed by atoms with van der Waals surface area (Å²) in [6.45, 7) is 1.60. The second kappa shape index (κ2) is 13.7. The number of hydrogen-bond acceptors (Lipinski definition) is 5. The zero-order valence-electron chi connectivity index (χ0n) is 22.4. The number of carbonyl (C=O) groups excluding carboxylic acids is 1. The van der Waals surface area contributed by atoms with Gasteiger partial charge < -0.3 is 10.1 Å². The van der Waals surface area contributed by atoms with Gasteiger partial charge in [0.1, 0.15) is 17.5 Å². The molecule has 0 saturated heterocycles. The predicted molar refractivity (Wildman–Crippen MR) is 153 cm³/mol. The zero-order chi connectivity index (χ0) is 30.3. The first-order valence-electron chi connectivity index (χ1n) is 12.9. The lowest BCUT2D eigenvalue weighted by Crippen LogP contribution is -2.35. The van der Waals surface area contributed by atoms with Crippen molar-refractivity contribution in [3.05, 3.63) is 124 Å². The molecule has 0 aliphatic rings. The monoisotopic (exact) mass is 617 g/mol. The molecular weight excluding hydrogens is 591 g/mol. The van der Waals surface area contributed by atoms with E-state index in [0.717, 1.165) is 34.3 Å². The van der Waals surface area contributed by atoms with E-state index >= 15 is 4.39 Å². The van der Waals surface area contributed by atoms with Crippen LogP contribution in [0.4, 0.5) is 23.7 Å². The summed E-state index contributed by atoms with van der Waals surface area (Å²) < 4.78 is 77.3. The Balaban J connectivity index is 1.57. The van der Waals surface area contributed by atoms with Crippen molar-refractivity contribution < 1.29 is 31.1 Å². The molecule has 0 saturated carbocycles. The van der Waals surface area contributed by atoms with Crippen LogP contribution in [0, 0.1) is 17.5 Å². The highest BCUT2D eigenvalue weighted by Crippen LogP contribution is 2.37. The molecule has 1 aromatic heterocycles. The van der Waals surface area contributed by atoms with Crippen LogP contribution >= 0.6 is 11.6 Å². The first kappa shape index (κ1) is 30.9. The van der Waals surface area contributed by atoms with Gasteiger partial charge in [-0.3, -0.25) is 9.29 Å². The highest BCUT2D eigenvalue weighted by atomic mass is 35.5. The van der Waals surface area contributed by atoms with E-state index in [4.69, 9.17) is 16.3 Å². The number of nitrogens with one attached hydrogen (secondary N) is 1. The average molecular weight is 618 g/mol. The van der Waals surface area contributed by atoms with Crippen LogP contribution in [0.2, 0.25) is 5.02 Å². The summed E-state index contributed by atoms with van der Waals surface area (Å²) >= 11 is 5.93. The van der Waals surface area contributed by atoms with Crippen molar-refractivity contribution in [1.29, 1.82) is 0 Å². The first-order chi connectivity index (χ1) is 20.1. The van der Waals surface area contributed by atoms with E-state index in [-0.39, 0.29) is 29.5 Å². The lowest BCUT2D eigenvalue weighted by atomic mass is 9.98. The van der Waals surface area contributed by atoms with E-state index in [1.807, 2.05) is 12.1 Å². The molecule has 1 atom stereocenters. The van der Waals surface area contributed by atoms with E-state index < -0.39 is 45.3 Å². The largest absolute Gasteiger partial charge is 0.449 e. The minimum Gasteiger partial charge on any atom is -0.449 e. The maximum Gasteiger partial charge on any atom is 0.407 e. The lowest BCUT2D eigenvalue weighted by Gasteiger charge is -2.32. The number of hydrogen-bond donors (Lipinski definition) is 1. The molecule has 0 fully saturated rings. The molecule has 0 aliphatic heterocycles. The van der Waals surface area contributed by atoms with Crippen molar-refractivity contribution >= 4 is 33.4 Å². The normalized spacial score (nSPS) is 12.0. The Morgan fingerprint density at radius 3 is 2.40 bits per heavy atom. The maximum absolute atomic E-state index is 15.1. The third-order valence-electron chi connectivity index (χ3n) is 6.40. The van der Waals surface area contributed by atoms with Crippen molar-refractivity contribution in [3.63, 3.8) is 0 Å². The first-order valence-corrected chi connectivity index (χ1v) is 14.7. The van der Waals surface area contributed by atoms with Gasteiger partial charge in [-0.1, -0.05) is 23.7 Å². The molecule has 4 rings (SSSR count). The molecule has 7 nitrogen and oxygen atoms in total. The minimum atomic E-state index is -4.48. The van der Waals surface area contributed by atoms with Gasteiger partial charge in [0.2, 0.25) is 0 Å². The number of aromatic nitrogens is 1. The number of rotatable bonds is 11. The molecule has 220 valence electrons. The number of halogens is 4. The lowest BCUT2D eigenvalue weighted by molar-refractivity contribution is 0.147. The summed E-state index contributed by atoms with van der Waals surface area (Å²) in [6, 6.07) is 15.7. The van der Waals surface area contributed by atoms with Crippen LogP contribution < -0.4 is 9.62 Å². The van der Waals surface area contributed by atoms with Crippen LogP contribution in [0.25, 0.3) is 0 Å². The molecule has 3 aromatic carbocycles. The minimum absolute atomic E-state index is 0.0194. The topological polar surface area (TPSA) is 88.6 Å². The number of amides is 1. The smallest absolute Gasteiger partial charge is 0.407 e. The molecule has 0 radical (unpaired) electrons. The second-order valence-electron chi connectivity index (χ2n) is 9.25. The highest BCUT2D eigenvalue weighted by molar-refractivity contribution is 7.92. The van der Waals surface area contributed by atoms with E-state index in [2.05, 4.69) is 10.3 Å². The summed E-state index contributed by atoms with van der Waals surface area (Å²) in [6.07, 6.45) is 1.47. The summed E-state index contributed by atoms with van der Waals surface area (Å²) in [5, 5.41) is 2.89. The second-order valence-corrected chi connectivity index (χ2v) is 11.5. The van der Waals surface area contributed by atoms with Crippen molar-refractivity contribution in [3.8, 4) is 0 Å². The maximum atomic E-state index is 15.1. The van der Waals surface area contributed by atoms with Gasteiger partial charge in [0.05, 0.1) is 23.2 Å². The van der Waals surface area contributed by atoms with Crippen LogP contribution in [0.15, 0.2) is 90.0 Å². The molecule has 0 bridgehead atoms. The van der Waals surface area contributed by atoms with Crippen LogP contribution in [0.5, 0.6) is 0 Å². The fourth-order valence-electron chi connectivity index (χ4n) is 4.39. The average Bonchev–Trinajstić information content (AvgIpc) is 2.96. The molecule has 12 heteroatoms. The van der Waals surface area contributed by atoms with Crippen molar-refractivity contribution in [2.24, 2.45) is 0 Å².